The standard InChI is InChI=1S/C9H15BrO2/c1-7(10)6-12-9(11)8-4-2-3-5-8/h7-8H,2-6H2,1H3. The van der Waals surface area contributed by atoms with Crippen molar-refractivity contribution in [2.24, 2.45) is 5.92 Å². The van der Waals surface area contributed by atoms with E-state index in [1.165, 1.54) is 12.8 Å². The largest absolute Gasteiger partial charge is 0.464 e. The van der Waals surface area contributed by atoms with E-state index in [9.17, 15) is 4.79 Å². The summed E-state index contributed by atoms with van der Waals surface area (Å²) in [5.74, 6) is 0.190. The van der Waals surface area contributed by atoms with Gasteiger partial charge in [0.15, 0.2) is 0 Å². The summed E-state index contributed by atoms with van der Waals surface area (Å²) in [6.45, 7) is 2.47. The van der Waals surface area contributed by atoms with Crippen LogP contribution in [-0.2, 0) is 9.53 Å². The van der Waals surface area contributed by atoms with E-state index in [4.69, 9.17) is 4.74 Å². The second-order valence-electron chi connectivity index (χ2n) is 3.39. The zero-order valence-corrected chi connectivity index (χ0v) is 8.97. The third-order valence-corrected chi connectivity index (χ3v) is 2.41. The highest BCUT2D eigenvalue weighted by atomic mass is 79.9. The highest BCUT2D eigenvalue weighted by Gasteiger charge is 2.23. The normalized spacial score (nSPS) is 20.8. The van der Waals surface area contributed by atoms with Crippen molar-refractivity contribution in [3.8, 4) is 0 Å². The van der Waals surface area contributed by atoms with E-state index < -0.39 is 0 Å². The summed E-state index contributed by atoms with van der Waals surface area (Å²) >= 11 is 3.33. The number of alkyl halides is 1. The Morgan fingerprint density at radius 2 is 2.17 bits per heavy atom. The van der Waals surface area contributed by atoms with Crippen LogP contribution in [0.3, 0.4) is 0 Å². The van der Waals surface area contributed by atoms with Gasteiger partial charge in [0.25, 0.3) is 0 Å². The van der Waals surface area contributed by atoms with Crippen LogP contribution in [0, 0.1) is 5.92 Å². The second kappa shape index (κ2) is 4.85. The molecule has 0 bridgehead atoms. The van der Waals surface area contributed by atoms with Gasteiger partial charge in [0.1, 0.15) is 6.61 Å². The van der Waals surface area contributed by atoms with Crippen molar-refractivity contribution >= 4 is 21.9 Å². The fourth-order valence-corrected chi connectivity index (χ4v) is 1.61. The monoisotopic (exact) mass is 234 g/mol. The zero-order valence-electron chi connectivity index (χ0n) is 7.38. The molecule has 0 amide bonds. The number of hydrogen-bond acceptors (Lipinski definition) is 2. The maximum absolute atomic E-state index is 11.3. The highest BCUT2D eigenvalue weighted by Crippen LogP contribution is 2.25. The van der Waals surface area contributed by atoms with Gasteiger partial charge in [0.2, 0.25) is 0 Å². The molecule has 1 unspecified atom stereocenters. The van der Waals surface area contributed by atoms with Gasteiger partial charge in [-0.15, -0.1) is 0 Å². The molecule has 0 aromatic rings. The second-order valence-corrected chi connectivity index (χ2v) is 4.96. The fraction of sp³-hybridized carbons (Fsp3) is 0.889. The van der Waals surface area contributed by atoms with E-state index in [0.29, 0.717) is 6.61 Å². The molecule has 0 aliphatic heterocycles. The number of rotatable bonds is 3. The topological polar surface area (TPSA) is 26.3 Å². The molecule has 3 heteroatoms. The van der Waals surface area contributed by atoms with Crippen molar-refractivity contribution in [2.75, 3.05) is 6.61 Å². The summed E-state index contributed by atoms with van der Waals surface area (Å²) in [7, 11) is 0. The first kappa shape index (κ1) is 10.0. The molecule has 1 rings (SSSR count). The van der Waals surface area contributed by atoms with E-state index in [2.05, 4.69) is 15.9 Å². The minimum absolute atomic E-state index is 0.00111. The Morgan fingerprint density at radius 1 is 1.58 bits per heavy atom. The van der Waals surface area contributed by atoms with Crippen LogP contribution < -0.4 is 0 Å². The Balaban J connectivity index is 2.18. The van der Waals surface area contributed by atoms with Crippen molar-refractivity contribution in [1.82, 2.24) is 0 Å². The van der Waals surface area contributed by atoms with Gasteiger partial charge in [-0.3, -0.25) is 4.79 Å². The molecule has 0 aromatic carbocycles. The molecule has 1 aliphatic carbocycles. The Labute approximate surface area is 81.8 Å². The predicted octanol–water partition coefficient (Wildman–Crippen LogP) is 2.50. The van der Waals surface area contributed by atoms with Crippen LogP contribution in [0.5, 0.6) is 0 Å². The van der Waals surface area contributed by atoms with Gasteiger partial charge in [-0.05, 0) is 19.8 Å². The highest BCUT2D eigenvalue weighted by molar-refractivity contribution is 9.09. The lowest BCUT2D eigenvalue weighted by Crippen LogP contribution is -2.18. The summed E-state index contributed by atoms with van der Waals surface area (Å²) in [6.07, 6.45) is 4.41. The van der Waals surface area contributed by atoms with E-state index in [-0.39, 0.29) is 16.7 Å². The Kier molecular flexibility index (Phi) is 4.06. The summed E-state index contributed by atoms with van der Waals surface area (Å²) in [5.41, 5.74) is 0. The van der Waals surface area contributed by atoms with Gasteiger partial charge in [0.05, 0.1) is 5.92 Å². The third kappa shape index (κ3) is 3.13. The molecule has 1 atom stereocenters. The molecule has 70 valence electrons. The molecule has 0 aromatic heterocycles. The first-order valence-electron chi connectivity index (χ1n) is 4.51. The summed E-state index contributed by atoms with van der Waals surface area (Å²) < 4.78 is 5.10. The fourth-order valence-electron chi connectivity index (χ4n) is 1.48. The third-order valence-electron chi connectivity index (χ3n) is 2.14. The maximum atomic E-state index is 11.3. The minimum Gasteiger partial charge on any atom is -0.464 e. The SMILES string of the molecule is CC(Br)COC(=O)C1CCCC1. The van der Waals surface area contributed by atoms with E-state index in [0.717, 1.165) is 12.8 Å². The summed E-state index contributed by atoms with van der Waals surface area (Å²) in [4.78, 5) is 11.6. The summed E-state index contributed by atoms with van der Waals surface area (Å²) in [6, 6.07) is 0. The smallest absolute Gasteiger partial charge is 0.308 e. The zero-order chi connectivity index (χ0) is 8.97. The van der Waals surface area contributed by atoms with Crippen molar-refractivity contribution < 1.29 is 9.53 Å². The number of ether oxygens (including phenoxy) is 1. The molecule has 0 heterocycles. The molecule has 1 fully saturated rings. The molecule has 0 radical (unpaired) electrons. The number of carbonyl (C=O) groups is 1. The molecule has 12 heavy (non-hydrogen) atoms. The van der Waals surface area contributed by atoms with Gasteiger partial charge in [0, 0.05) is 4.83 Å². The van der Waals surface area contributed by atoms with Crippen LogP contribution >= 0.6 is 15.9 Å². The van der Waals surface area contributed by atoms with E-state index >= 15 is 0 Å². The van der Waals surface area contributed by atoms with Crippen LogP contribution in [0.4, 0.5) is 0 Å². The quantitative estimate of drug-likeness (QED) is 0.555. The van der Waals surface area contributed by atoms with Crippen molar-refractivity contribution in [3.05, 3.63) is 0 Å². The average molecular weight is 235 g/mol. The number of halogens is 1. The molecule has 1 saturated carbocycles. The average Bonchev–Trinajstić information content (AvgIpc) is 2.51. The van der Waals surface area contributed by atoms with Gasteiger partial charge < -0.3 is 4.74 Å². The van der Waals surface area contributed by atoms with Gasteiger partial charge in [-0.25, -0.2) is 0 Å². The first-order chi connectivity index (χ1) is 5.70. The van der Waals surface area contributed by atoms with E-state index in [1.54, 1.807) is 0 Å². The summed E-state index contributed by atoms with van der Waals surface area (Å²) in [5, 5.41) is 0. The lowest BCUT2D eigenvalue weighted by atomic mass is 10.1. The van der Waals surface area contributed by atoms with Gasteiger partial charge in [-0.2, -0.15) is 0 Å². The lowest BCUT2D eigenvalue weighted by molar-refractivity contribution is -0.148. The Bertz CT molecular complexity index is 151. The molecule has 2 nitrogen and oxygen atoms in total. The maximum Gasteiger partial charge on any atom is 0.308 e. The number of hydrogen-bond donors (Lipinski definition) is 0. The molecule has 1 aliphatic rings. The molecular weight excluding hydrogens is 220 g/mol. The molecule has 0 spiro atoms. The number of carbonyl (C=O) groups excluding carboxylic acids is 1. The van der Waals surface area contributed by atoms with Crippen molar-refractivity contribution in [3.63, 3.8) is 0 Å². The molecular formula is C9H15BrO2. The lowest BCUT2D eigenvalue weighted by Gasteiger charge is -2.10. The van der Waals surface area contributed by atoms with Crippen LogP contribution in [0.1, 0.15) is 32.6 Å². The minimum atomic E-state index is -0.00111. The van der Waals surface area contributed by atoms with Crippen molar-refractivity contribution in [1.29, 1.82) is 0 Å². The molecule has 0 N–H and O–H groups in total. The van der Waals surface area contributed by atoms with Crippen LogP contribution in [0.25, 0.3) is 0 Å². The number of esters is 1. The van der Waals surface area contributed by atoms with Crippen molar-refractivity contribution in [2.45, 2.75) is 37.4 Å². The van der Waals surface area contributed by atoms with Gasteiger partial charge in [-0.1, -0.05) is 28.8 Å². The van der Waals surface area contributed by atoms with Crippen LogP contribution in [0.2, 0.25) is 0 Å². The molecule has 0 saturated heterocycles. The Hall–Kier alpha value is -0.0500. The first-order valence-corrected chi connectivity index (χ1v) is 5.42. The van der Waals surface area contributed by atoms with Gasteiger partial charge >= 0.3 is 5.97 Å². The predicted molar refractivity (Wildman–Crippen MR) is 51.3 cm³/mol. The Morgan fingerprint density at radius 3 is 2.67 bits per heavy atom. The van der Waals surface area contributed by atoms with E-state index in [1.807, 2.05) is 6.92 Å². The van der Waals surface area contributed by atoms with Crippen LogP contribution in [0.15, 0.2) is 0 Å². The van der Waals surface area contributed by atoms with Crippen LogP contribution in [-0.4, -0.2) is 17.4 Å².